The van der Waals surface area contributed by atoms with Crippen molar-refractivity contribution in [2.45, 2.75) is 13.5 Å². The lowest BCUT2D eigenvalue weighted by atomic mass is 10.1. The number of rotatable bonds is 6. The van der Waals surface area contributed by atoms with Crippen LogP contribution >= 0.6 is 0 Å². The van der Waals surface area contributed by atoms with Crippen molar-refractivity contribution in [3.8, 4) is 5.75 Å². The number of methoxy groups -OCH3 is 1. The van der Waals surface area contributed by atoms with Gasteiger partial charge in [-0.05, 0) is 48.4 Å². The lowest BCUT2D eigenvalue weighted by Gasteiger charge is -2.18. The second-order valence-corrected chi connectivity index (χ2v) is 7.29. The van der Waals surface area contributed by atoms with Crippen LogP contribution in [0.25, 0.3) is 10.9 Å². The summed E-state index contributed by atoms with van der Waals surface area (Å²) in [4.78, 5) is 22.8. The van der Waals surface area contributed by atoms with Gasteiger partial charge in [-0.1, -0.05) is 24.3 Å². The molecule has 0 unspecified atom stereocenters. The van der Waals surface area contributed by atoms with E-state index in [1.54, 1.807) is 43.6 Å². The zero-order valence-electron chi connectivity index (χ0n) is 17.8. The van der Waals surface area contributed by atoms with E-state index >= 15 is 0 Å². The van der Waals surface area contributed by atoms with Crippen molar-refractivity contribution in [2.75, 3.05) is 24.4 Å². The van der Waals surface area contributed by atoms with E-state index in [0.29, 0.717) is 12.1 Å². The molecule has 156 valence electrons. The van der Waals surface area contributed by atoms with E-state index in [9.17, 15) is 4.79 Å². The predicted octanol–water partition coefficient (Wildman–Crippen LogP) is 4.84. The van der Waals surface area contributed by atoms with Crippen LogP contribution in [-0.2, 0) is 6.54 Å². The van der Waals surface area contributed by atoms with Crippen LogP contribution in [0.15, 0.2) is 73.2 Å². The molecule has 0 fully saturated rings. The molecule has 2 aromatic heterocycles. The first-order valence-electron chi connectivity index (χ1n) is 10.0. The van der Waals surface area contributed by atoms with Crippen molar-refractivity contribution in [3.05, 3.63) is 89.9 Å². The smallest absolute Gasteiger partial charge is 0.258 e. The molecule has 0 aliphatic carbocycles. The largest absolute Gasteiger partial charge is 0.494 e. The van der Waals surface area contributed by atoms with Gasteiger partial charge in [0.15, 0.2) is 0 Å². The summed E-state index contributed by atoms with van der Waals surface area (Å²) in [5.74, 6) is 0.688. The van der Waals surface area contributed by atoms with Gasteiger partial charge < -0.3 is 15.0 Å². The van der Waals surface area contributed by atoms with Crippen LogP contribution in [0.2, 0.25) is 0 Å². The summed E-state index contributed by atoms with van der Waals surface area (Å²) >= 11 is 0. The Morgan fingerprint density at radius 1 is 1.06 bits per heavy atom. The van der Waals surface area contributed by atoms with E-state index in [2.05, 4.69) is 15.3 Å². The average Bonchev–Trinajstić information content (AvgIpc) is 2.83. The first-order chi connectivity index (χ1) is 15.1. The van der Waals surface area contributed by atoms with E-state index in [1.165, 1.54) is 0 Å². The number of pyridine rings is 2. The fraction of sp³-hybridized carbons (Fsp3) is 0.160. The second kappa shape index (κ2) is 8.83. The zero-order valence-corrected chi connectivity index (χ0v) is 17.8. The number of para-hydroxylation sites is 1. The topological polar surface area (TPSA) is 67.3 Å². The van der Waals surface area contributed by atoms with E-state index in [4.69, 9.17) is 4.74 Å². The first kappa shape index (κ1) is 20.3. The maximum absolute atomic E-state index is 12.6. The number of nitrogens with one attached hydrogen (secondary N) is 1. The molecule has 6 heteroatoms. The summed E-state index contributed by atoms with van der Waals surface area (Å²) in [6.07, 6.45) is 5.10. The molecular weight excluding hydrogens is 388 g/mol. The Balaban J connectivity index is 1.50. The minimum atomic E-state index is -0.0684. The van der Waals surface area contributed by atoms with Gasteiger partial charge in [0.25, 0.3) is 5.91 Å². The number of nitrogens with zero attached hydrogens (tertiary/aromatic N) is 3. The van der Waals surface area contributed by atoms with Crippen LogP contribution in [-0.4, -0.2) is 30.0 Å². The highest BCUT2D eigenvalue weighted by atomic mass is 16.5. The van der Waals surface area contributed by atoms with Crippen LogP contribution in [0.5, 0.6) is 5.75 Å². The third-order valence-electron chi connectivity index (χ3n) is 5.29. The van der Waals surface area contributed by atoms with E-state index < -0.39 is 0 Å². The average molecular weight is 412 g/mol. The monoisotopic (exact) mass is 412 g/mol. The summed E-state index contributed by atoms with van der Waals surface area (Å²) in [6.45, 7) is 2.69. The lowest BCUT2D eigenvalue weighted by Crippen LogP contribution is -2.26. The molecule has 4 rings (SSSR count). The molecule has 4 aromatic rings. The predicted molar refractivity (Wildman–Crippen MR) is 124 cm³/mol. The number of carbonyl (C=O) groups is 1. The van der Waals surface area contributed by atoms with Crippen molar-refractivity contribution in [3.63, 3.8) is 0 Å². The number of fused-ring (bicyclic) bond motifs is 1. The fourth-order valence-corrected chi connectivity index (χ4v) is 3.53. The number of aromatic nitrogens is 2. The van der Waals surface area contributed by atoms with Gasteiger partial charge in [0.05, 0.1) is 7.11 Å². The molecule has 0 aliphatic heterocycles. The summed E-state index contributed by atoms with van der Waals surface area (Å²) in [6, 6.07) is 17.3. The van der Waals surface area contributed by atoms with Gasteiger partial charge in [0.2, 0.25) is 0 Å². The Morgan fingerprint density at radius 2 is 1.81 bits per heavy atom. The van der Waals surface area contributed by atoms with Crippen LogP contribution in [0.1, 0.15) is 21.5 Å². The van der Waals surface area contributed by atoms with E-state index in [-0.39, 0.29) is 5.91 Å². The summed E-state index contributed by atoms with van der Waals surface area (Å²) < 4.78 is 5.45. The molecule has 0 saturated heterocycles. The molecule has 0 saturated carbocycles. The summed E-state index contributed by atoms with van der Waals surface area (Å²) in [5.41, 5.74) is 5.50. The normalized spacial score (nSPS) is 10.7. The number of aryl methyl sites for hydroxylation is 1. The maximum Gasteiger partial charge on any atom is 0.258 e. The number of anilines is 2. The summed E-state index contributed by atoms with van der Waals surface area (Å²) in [5, 5.41) is 4.56. The number of ether oxygens (including phenoxy) is 1. The molecule has 0 aliphatic rings. The van der Waals surface area contributed by atoms with Crippen molar-refractivity contribution >= 4 is 28.2 Å². The lowest BCUT2D eigenvalue weighted by molar-refractivity contribution is 0.0993. The standard InChI is InChI=1S/C25H24N4O2/c1-17-15-27-24-21(5-4-6-22(24)31-3)23(17)28-16-18-7-9-20(10-8-18)29(2)25(30)19-11-13-26-14-12-19/h4-15H,16H2,1-3H3,(H,27,28). The fourth-order valence-electron chi connectivity index (χ4n) is 3.53. The van der Waals surface area contributed by atoms with Crippen molar-refractivity contribution in [2.24, 2.45) is 0 Å². The third-order valence-corrected chi connectivity index (χ3v) is 5.29. The van der Waals surface area contributed by atoms with Gasteiger partial charge in [-0.25, -0.2) is 0 Å². The van der Waals surface area contributed by atoms with Gasteiger partial charge in [-0.3, -0.25) is 14.8 Å². The maximum atomic E-state index is 12.6. The molecule has 2 heterocycles. The van der Waals surface area contributed by atoms with Gasteiger partial charge in [0, 0.05) is 54.5 Å². The van der Waals surface area contributed by atoms with Crippen LogP contribution in [0.4, 0.5) is 11.4 Å². The Kier molecular flexibility index (Phi) is 5.80. The van der Waals surface area contributed by atoms with Crippen molar-refractivity contribution in [1.29, 1.82) is 0 Å². The van der Waals surface area contributed by atoms with Crippen molar-refractivity contribution < 1.29 is 9.53 Å². The number of hydrogen-bond acceptors (Lipinski definition) is 5. The molecule has 31 heavy (non-hydrogen) atoms. The molecule has 0 radical (unpaired) electrons. The minimum Gasteiger partial charge on any atom is -0.494 e. The summed E-state index contributed by atoms with van der Waals surface area (Å²) in [7, 11) is 3.43. The molecule has 0 bridgehead atoms. The number of benzene rings is 2. The van der Waals surface area contributed by atoms with Crippen LogP contribution < -0.4 is 15.0 Å². The molecular formula is C25H24N4O2. The highest BCUT2D eigenvalue weighted by Gasteiger charge is 2.13. The second-order valence-electron chi connectivity index (χ2n) is 7.29. The quantitative estimate of drug-likeness (QED) is 0.491. The first-order valence-corrected chi connectivity index (χ1v) is 10.0. The van der Waals surface area contributed by atoms with E-state index in [0.717, 1.165) is 39.2 Å². The Morgan fingerprint density at radius 3 is 2.52 bits per heavy atom. The number of amides is 1. The Bertz CT molecular complexity index is 1210. The van der Waals surface area contributed by atoms with E-state index in [1.807, 2.05) is 55.6 Å². The molecule has 1 N–H and O–H groups in total. The van der Waals surface area contributed by atoms with Crippen LogP contribution in [0.3, 0.4) is 0 Å². The molecule has 0 atom stereocenters. The highest BCUT2D eigenvalue weighted by Crippen LogP contribution is 2.31. The SMILES string of the molecule is COc1cccc2c(NCc3ccc(N(C)C(=O)c4ccncc4)cc3)c(C)cnc12. The van der Waals surface area contributed by atoms with Gasteiger partial charge in [-0.2, -0.15) is 0 Å². The number of hydrogen-bond donors (Lipinski definition) is 1. The minimum absolute atomic E-state index is 0.0684. The molecule has 6 nitrogen and oxygen atoms in total. The van der Waals surface area contributed by atoms with Gasteiger partial charge in [-0.15, -0.1) is 0 Å². The molecule has 1 amide bonds. The van der Waals surface area contributed by atoms with Gasteiger partial charge in [0.1, 0.15) is 11.3 Å². The third kappa shape index (κ3) is 4.19. The Hall–Kier alpha value is -3.93. The van der Waals surface area contributed by atoms with Crippen molar-refractivity contribution in [1.82, 2.24) is 9.97 Å². The van der Waals surface area contributed by atoms with Crippen LogP contribution in [0, 0.1) is 6.92 Å². The van der Waals surface area contributed by atoms with Gasteiger partial charge >= 0.3 is 0 Å². The Labute approximate surface area is 181 Å². The highest BCUT2D eigenvalue weighted by molar-refractivity contribution is 6.05. The molecule has 0 spiro atoms. The zero-order chi connectivity index (χ0) is 21.8. The number of carbonyl (C=O) groups excluding carboxylic acids is 1. The molecule has 2 aromatic carbocycles.